The predicted molar refractivity (Wildman–Crippen MR) is 82.2 cm³/mol. The van der Waals surface area contributed by atoms with Crippen molar-refractivity contribution in [3.63, 3.8) is 0 Å². The highest BCUT2D eigenvalue weighted by molar-refractivity contribution is 7.88. The van der Waals surface area contributed by atoms with E-state index in [4.69, 9.17) is 0 Å². The number of anilines is 1. The second-order valence-electron chi connectivity index (χ2n) is 5.19. The van der Waals surface area contributed by atoms with Crippen molar-refractivity contribution in [2.75, 3.05) is 37.8 Å². The summed E-state index contributed by atoms with van der Waals surface area (Å²) in [6, 6.07) is 3.34. The maximum Gasteiger partial charge on any atom is 0.321 e. The summed E-state index contributed by atoms with van der Waals surface area (Å²) in [5.41, 5.74) is 1.41. The van der Waals surface area contributed by atoms with Crippen LogP contribution in [0.25, 0.3) is 5.65 Å². The molecule has 1 aliphatic heterocycles. The van der Waals surface area contributed by atoms with Gasteiger partial charge >= 0.3 is 6.03 Å². The van der Waals surface area contributed by atoms with Crippen molar-refractivity contribution in [2.45, 2.75) is 0 Å². The summed E-state index contributed by atoms with van der Waals surface area (Å²) in [4.78, 5) is 18.0. The zero-order valence-corrected chi connectivity index (χ0v) is 13.0. The Kier molecular flexibility index (Phi) is 3.75. The third-order valence-electron chi connectivity index (χ3n) is 3.64. The van der Waals surface area contributed by atoms with E-state index in [1.807, 2.05) is 16.8 Å². The molecule has 2 amide bonds. The highest BCUT2D eigenvalue weighted by atomic mass is 32.2. The zero-order chi connectivity index (χ0) is 15.7. The normalized spacial score (nSPS) is 16.9. The first-order valence-corrected chi connectivity index (χ1v) is 8.72. The van der Waals surface area contributed by atoms with Crippen LogP contribution in [-0.2, 0) is 10.0 Å². The van der Waals surface area contributed by atoms with E-state index in [2.05, 4.69) is 10.3 Å². The van der Waals surface area contributed by atoms with E-state index in [1.165, 1.54) is 10.6 Å². The topological polar surface area (TPSA) is 87.0 Å². The molecule has 1 fully saturated rings. The number of imidazole rings is 1. The van der Waals surface area contributed by atoms with Crippen molar-refractivity contribution in [3.05, 3.63) is 30.7 Å². The fraction of sp³-hybridized carbons (Fsp3) is 0.385. The molecule has 22 heavy (non-hydrogen) atoms. The molecule has 1 N–H and O–H groups in total. The Hall–Kier alpha value is -2.13. The standard InChI is InChI=1S/C13H17N5O3S/c1-22(20,21)18-8-6-17(7-9-18)13(19)15-11-2-4-16-5-3-14-12(16)10-11/h2-5,10H,6-9H2,1H3,(H,15,19). The van der Waals surface area contributed by atoms with E-state index in [0.29, 0.717) is 31.9 Å². The number of piperazine rings is 1. The molecule has 1 aliphatic rings. The van der Waals surface area contributed by atoms with Crippen molar-refractivity contribution in [2.24, 2.45) is 0 Å². The molecule has 0 saturated carbocycles. The first-order chi connectivity index (χ1) is 10.4. The Labute approximate surface area is 128 Å². The molecule has 0 aromatic carbocycles. The molecule has 0 atom stereocenters. The molecule has 118 valence electrons. The van der Waals surface area contributed by atoms with Crippen LogP contribution in [0.4, 0.5) is 10.5 Å². The molecule has 0 radical (unpaired) electrons. The van der Waals surface area contributed by atoms with Gasteiger partial charge in [0.05, 0.1) is 6.26 Å². The van der Waals surface area contributed by atoms with Gasteiger partial charge in [0.15, 0.2) is 0 Å². The number of rotatable bonds is 2. The Morgan fingerprint density at radius 3 is 2.64 bits per heavy atom. The molecule has 0 bridgehead atoms. The number of fused-ring (bicyclic) bond motifs is 1. The molecule has 0 unspecified atom stereocenters. The molecule has 8 nitrogen and oxygen atoms in total. The minimum Gasteiger partial charge on any atom is -0.322 e. The first kappa shape index (κ1) is 14.8. The van der Waals surface area contributed by atoms with Crippen LogP contribution in [-0.4, -0.2) is 65.5 Å². The van der Waals surface area contributed by atoms with Crippen LogP contribution in [0.1, 0.15) is 0 Å². The van der Waals surface area contributed by atoms with Gasteiger partial charge in [0.25, 0.3) is 0 Å². The molecule has 0 spiro atoms. The van der Waals surface area contributed by atoms with Gasteiger partial charge in [-0.2, -0.15) is 4.31 Å². The Balaban J connectivity index is 1.63. The minimum atomic E-state index is -3.19. The maximum absolute atomic E-state index is 12.2. The van der Waals surface area contributed by atoms with Gasteiger partial charge in [0.1, 0.15) is 5.65 Å². The average molecular weight is 323 g/mol. The van der Waals surface area contributed by atoms with E-state index < -0.39 is 10.0 Å². The summed E-state index contributed by atoms with van der Waals surface area (Å²) in [7, 11) is -3.19. The third kappa shape index (κ3) is 3.04. The van der Waals surface area contributed by atoms with E-state index in [-0.39, 0.29) is 6.03 Å². The summed E-state index contributed by atoms with van der Waals surface area (Å²) in [6.45, 7) is 1.41. The quantitative estimate of drug-likeness (QED) is 0.869. The summed E-state index contributed by atoms with van der Waals surface area (Å²) in [6.07, 6.45) is 6.51. The summed E-state index contributed by atoms with van der Waals surface area (Å²) in [5, 5.41) is 2.81. The van der Waals surface area contributed by atoms with Crippen molar-refractivity contribution in [3.8, 4) is 0 Å². The number of amides is 2. The number of carbonyl (C=O) groups is 1. The first-order valence-electron chi connectivity index (χ1n) is 6.87. The summed E-state index contributed by atoms with van der Waals surface area (Å²) >= 11 is 0. The van der Waals surface area contributed by atoms with E-state index in [1.54, 1.807) is 23.2 Å². The van der Waals surface area contributed by atoms with Crippen LogP contribution in [0, 0.1) is 0 Å². The highest BCUT2D eigenvalue weighted by Crippen LogP contribution is 2.13. The number of urea groups is 1. The lowest BCUT2D eigenvalue weighted by Crippen LogP contribution is -2.51. The second-order valence-corrected chi connectivity index (χ2v) is 7.17. The van der Waals surface area contributed by atoms with Crippen molar-refractivity contribution in [1.29, 1.82) is 0 Å². The molecular formula is C13H17N5O3S. The molecule has 9 heteroatoms. The van der Waals surface area contributed by atoms with Gasteiger partial charge in [-0.1, -0.05) is 0 Å². The fourth-order valence-electron chi connectivity index (χ4n) is 2.41. The van der Waals surface area contributed by atoms with Crippen LogP contribution in [0.3, 0.4) is 0 Å². The number of aromatic nitrogens is 2. The van der Waals surface area contributed by atoms with Crippen LogP contribution < -0.4 is 5.32 Å². The molecule has 3 rings (SSSR count). The fourth-order valence-corrected chi connectivity index (χ4v) is 3.24. The lowest BCUT2D eigenvalue weighted by atomic mass is 10.3. The zero-order valence-electron chi connectivity index (χ0n) is 12.1. The SMILES string of the molecule is CS(=O)(=O)N1CCN(C(=O)Nc2ccn3ccnc3c2)CC1. The average Bonchev–Trinajstić information content (AvgIpc) is 2.94. The smallest absolute Gasteiger partial charge is 0.321 e. The van der Waals surface area contributed by atoms with E-state index in [9.17, 15) is 13.2 Å². The number of carbonyl (C=O) groups excluding carboxylic acids is 1. The van der Waals surface area contributed by atoms with Crippen molar-refractivity contribution >= 4 is 27.4 Å². The molecular weight excluding hydrogens is 306 g/mol. The predicted octanol–water partition coefficient (Wildman–Crippen LogP) is 0.443. The van der Waals surface area contributed by atoms with E-state index >= 15 is 0 Å². The van der Waals surface area contributed by atoms with E-state index in [0.717, 1.165) is 5.65 Å². The minimum absolute atomic E-state index is 0.232. The lowest BCUT2D eigenvalue weighted by Gasteiger charge is -2.33. The third-order valence-corrected chi connectivity index (χ3v) is 4.95. The number of hydrogen-bond donors (Lipinski definition) is 1. The second kappa shape index (κ2) is 5.58. The molecule has 1 saturated heterocycles. The number of nitrogens with zero attached hydrogens (tertiary/aromatic N) is 4. The highest BCUT2D eigenvalue weighted by Gasteiger charge is 2.25. The van der Waals surface area contributed by atoms with Crippen LogP contribution >= 0.6 is 0 Å². The van der Waals surface area contributed by atoms with Gasteiger partial charge in [0, 0.05) is 56.5 Å². The number of nitrogens with one attached hydrogen (secondary N) is 1. The van der Waals surface area contributed by atoms with Gasteiger partial charge in [-0.15, -0.1) is 0 Å². The molecule has 2 aromatic heterocycles. The Morgan fingerprint density at radius 1 is 1.23 bits per heavy atom. The van der Waals surface area contributed by atoms with Gasteiger partial charge < -0.3 is 14.6 Å². The molecule has 0 aliphatic carbocycles. The molecule has 3 heterocycles. The molecule has 2 aromatic rings. The van der Waals surface area contributed by atoms with Gasteiger partial charge in [-0.25, -0.2) is 18.2 Å². The maximum atomic E-state index is 12.2. The van der Waals surface area contributed by atoms with Gasteiger partial charge in [-0.05, 0) is 6.07 Å². The van der Waals surface area contributed by atoms with Crippen LogP contribution in [0.5, 0.6) is 0 Å². The van der Waals surface area contributed by atoms with Gasteiger partial charge in [0.2, 0.25) is 10.0 Å². The largest absolute Gasteiger partial charge is 0.322 e. The van der Waals surface area contributed by atoms with Crippen molar-refractivity contribution < 1.29 is 13.2 Å². The monoisotopic (exact) mass is 323 g/mol. The number of sulfonamides is 1. The summed E-state index contributed by atoms with van der Waals surface area (Å²) in [5.74, 6) is 0. The van der Waals surface area contributed by atoms with Crippen LogP contribution in [0.15, 0.2) is 30.7 Å². The Bertz CT molecular complexity index is 793. The van der Waals surface area contributed by atoms with Crippen molar-refractivity contribution in [1.82, 2.24) is 18.6 Å². The van der Waals surface area contributed by atoms with Gasteiger partial charge in [-0.3, -0.25) is 0 Å². The number of pyridine rings is 1. The summed E-state index contributed by atoms with van der Waals surface area (Å²) < 4.78 is 26.1. The van der Waals surface area contributed by atoms with Crippen LogP contribution in [0.2, 0.25) is 0 Å². The Morgan fingerprint density at radius 2 is 1.95 bits per heavy atom. The number of hydrogen-bond acceptors (Lipinski definition) is 4. The lowest BCUT2D eigenvalue weighted by molar-refractivity contribution is 0.184.